The van der Waals surface area contributed by atoms with Gasteiger partial charge in [0.25, 0.3) is 0 Å². The Kier molecular flexibility index (Phi) is 5.85. The summed E-state index contributed by atoms with van der Waals surface area (Å²) in [6, 6.07) is 19.9. The highest BCUT2D eigenvalue weighted by atomic mass is 32.1. The zero-order valence-electron chi connectivity index (χ0n) is 18.7. The lowest BCUT2D eigenvalue weighted by Crippen LogP contribution is -2.29. The van der Waals surface area contributed by atoms with Crippen LogP contribution in [0.25, 0.3) is 21.5 Å². The van der Waals surface area contributed by atoms with Gasteiger partial charge < -0.3 is 4.90 Å². The molecule has 4 aromatic rings. The van der Waals surface area contributed by atoms with Gasteiger partial charge in [-0.1, -0.05) is 85.0 Å². The second kappa shape index (κ2) is 9.30. The minimum atomic E-state index is -0.447. The average molecular weight is 500 g/mol. The molecule has 8 heteroatoms. The molecule has 2 aromatic carbocycles. The summed E-state index contributed by atoms with van der Waals surface area (Å²) in [7, 11) is 0. The van der Waals surface area contributed by atoms with Crippen molar-refractivity contribution < 1.29 is 4.39 Å². The second-order valence-electron chi connectivity index (χ2n) is 8.53. The van der Waals surface area contributed by atoms with E-state index in [1.54, 1.807) is 0 Å². The number of hydrogen-bond donors (Lipinski definition) is 2. The minimum Gasteiger partial charge on any atom is -0.322 e. The Bertz CT molecular complexity index is 1450. The van der Waals surface area contributed by atoms with Crippen molar-refractivity contribution in [3.8, 4) is 11.3 Å². The number of hydrogen-bond acceptors (Lipinski definition) is 5. The smallest absolute Gasteiger partial charge is 0.185 e. The van der Waals surface area contributed by atoms with Crippen molar-refractivity contribution >= 4 is 38.9 Å². The monoisotopic (exact) mass is 499 g/mol. The van der Waals surface area contributed by atoms with E-state index in [0.717, 1.165) is 28.8 Å². The molecule has 0 saturated carbocycles. The molecule has 1 saturated heterocycles. The van der Waals surface area contributed by atoms with Gasteiger partial charge in [0.15, 0.2) is 10.9 Å². The summed E-state index contributed by atoms with van der Waals surface area (Å²) in [6.07, 6.45) is 8.61. The van der Waals surface area contributed by atoms with Crippen LogP contribution < -0.4 is 10.9 Å². The van der Waals surface area contributed by atoms with Gasteiger partial charge in [-0.05, 0) is 24.2 Å². The van der Waals surface area contributed by atoms with Gasteiger partial charge in [0, 0.05) is 23.6 Å². The zero-order valence-corrected chi connectivity index (χ0v) is 20.3. The molecule has 35 heavy (non-hydrogen) atoms. The summed E-state index contributed by atoms with van der Waals surface area (Å²) in [4.78, 5) is 3.10. The lowest BCUT2D eigenvalue weighted by atomic mass is 9.87. The Balaban J connectivity index is 1.49. The van der Waals surface area contributed by atoms with Crippen molar-refractivity contribution in [1.82, 2.24) is 25.9 Å². The SMILES string of the molecule is Fc1c(C2NNC(=S)N2Cc2ccccc2)sc2nnc(-c3ccccc3)c(C3C=CC=CC3)c12. The summed E-state index contributed by atoms with van der Waals surface area (Å²) in [6.45, 7) is 0.558. The van der Waals surface area contributed by atoms with Crippen LogP contribution in [0.1, 0.15) is 34.5 Å². The Morgan fingerprint density at radius 1 is 1.03 bits per heavy atom. The molecular weight excluding hydrogens is 477 g/mol. The predicted molar refractivity (Wildman–Crippen MR) is 142 cm³/mol. The molecule has 2 N–H and O–H groups in total. The Labute approximate surface area is 212 Å². The molecule has 1 aliphatic heterocycles. The maximum atomic E-state index is 16.4. The Morgan fingerprint density at radius 2 is 1.80 bits per heavy atom. The number of fused-ring (bicyclic) bond motifs is 1. The van der Waals surface area contributed by atoms with E-state index >= 15 is 4.39 Å². The molecule has 2 atom stereocenters. The second-order valence-corrected chi connectivity index (χ2v) is 9.95. The number of hydrazine groups is 1. The zero-order chi connectivity index (χ0) is 23.8. The number of thiophene rings is 1. The van der Waals surface area contributed by atoms with Crippen LogP contribution in [-0.4, -0.2) is 20.2 Å². The molecule has 0 bridgehead atoms. The first-order valence-corrected chi connectivity index (χ1v) is 12.7. The number of nitrogens with one attached hydrogen (secondary N) is 2. The van der Waals surface area contributed by atoms with Gasteiger partial charge in [-0.15, -0.1) is 21.5 Å². The van der Waals surface area contributed by atoms with Crippen molar-refractivity contribution in [3.05, 3.63) is 107 Å². The topological polar surface area (TPSA) is 53.1 Å². The van der Waals surface area contributed by atoms with Crippen molar-refractivity contribution in [3.63, 3.8) is 0 Å². The number of benzene rings is 2. The molecule has 0 spiro atoms. The average Bonchev–Trinajstić information content (AvgIpc) is 3.44. The van der Waals surface area contributed by atoms with Crippen molar-refractivity contribution in [2.75, 3.05) is 0 Å². The molecule has 0 amide bonds. The molecule has 1 aliphatic carbocycles. The minimum absolute atomic E-state index is 0.0151. The Hall–Kier alpha value is -3.46. The number of thiocarbonyl (C=S) groups is 1. The van der Waals surface area contributed by atoms with Crippen LogP contribution in [0.5, 0.6) is 0 Å². The maximum absolute atomic E-state index is 16.4. The third-order valence-corrected chi connectivity index (χ3v) is 7.79. The first kappa shape index (κ1) is 22.0. The molecule has 3 heterocycles. The molecule has 6 rings (SSSR count). The third-order valence-electron chi connectivity index (χ3n) is 6.35. The molecule has 5 nitrogen and oxygen atoms in total. The standard InChI is InChI=1S/C27H22FN5S2/c28-22-21-20(18-12-6-2-7-13-18)23(19-14-8-3-9-15-19)29-31-26(21)35-24(22)25-30-32-27(34)33(25)16-17-10-4-1-5-11-17/h1-12,14-15,18,25,30H,13,16H2,(H,32,34). The summed E-state index contributed by atoms with van der Waals surface area (Å²) >= 11 is 6.87. The van der Waals surface area contributed by atoms with E-state index in [1.807, 2.05) is 77.7 Å². The maximum Gasteiger partial charge on any atom is 0.185 e. The molecule has 174 valence electrons. The summed E-state index contributed by atoms with van der Waals surface area (Å²) < 4.78 is 16.4. The van der Waals surface area contributed by atoms with E-state index in [0.29, 0.717) is 26.8 Å². The molecule has 2 aliphatic rings. The van der Waals surface area contributed by atoms with Crippen LogP contribution in [0.2, 0.25) is 0 Å². The Morgan fingerprint density at radius 3 is 2.54 bits per heavy atom. The van der Waals surface area contributed by atoms with E-state index in [-0.39, 0.29) is 11.7 Å². The van der Waals surface area contributed by atoms with Crippen LogP contribution in [0.3, 0.4) is 0 Å². The van der Waals surface area contributed by atoms with E-state index in [2.05, 4.69) is 33.2 Å². The first-order valence-electron chi connectivity index (χ1n) is 11.4. The van der Waals surface area contributed by atoms with Gasteiger partial charge in [0.2, 0.25) is 0 Å². The first-order chi connectivity index (χ1) is 17.2. The van der Waals surface area contributed by atoms with Crippen molar-refractivity contribution in [2.45, 2.75) is 25.0 Å². The molecule has 2 unspecified atom stereocenters. The number of halogens is 1. The molecule has 0 radical (unpaired) electrons. The highest BCUT2D eigenvalue weighted by molar-refractivity contribution is 7.80. The molecule has 1 fully saturated rings. The van der Waals surface area contributed by atoms with E-state index < -0.39 is 6.17 Å². The molecule has 2 aromatic heterocycles. The van der Waals surface area contributed by atoms with Crippen LogP contribution >= 0.6 is 23.6 Å². The highest BCUT2D eigenvalue weighted by Gasteiger charge is 2.35. The number of allylic oxidation sites excluding steroid dienone is 4. The summed E-state index contributed by atoms with van der Waals surface area (Å²) in [5.74, 6) is -0.251. The van der Waals surface area contributed by atoms with Gasteiger partial charge in [-0.25, -0.2) is 9.82 Å². The third kappa shape index (κ3) is 4.03. The van der Waals surface area contributed by atoms with Gasteiger partial charge in [-0.3, -0.25) is 5.43 Å². The van der Waals surface area contributed by atoms with Crippen LogP contribution in [0.15, 0.2) is 85.0 Å². The largest absolute Gasteiger partial charge is 0.322 e. The van der Waals surface area contributed by atoms with E-state index in [9.17, 15) is 0 Å². The summed E-state index contributed by atoms with van der Waals surface area (Å²) in [5.41, 5.74) is 9.82. The van der Waals surface area contributed by atoms with Crippen molar-refractivity contribution in [2.24, 2.45) is 0 Å². The van der Waals surface area contributed by atoms with Crippen LogP contribution in [0.4, 0.5) is 4.39 Å². The highest BCUT2D eigenvalue weighted by Crippen LogP contribution is 2.43. The lowest BCUT2D eigenvalue weighted by molar-refractivity contribution is 0.307. The van der Waals surface area contributed by atoms with Gasteiger partial charge >= 0.3 is 0 Å². The normalized spacial score (nSPS) is 19.5. The number of nitrogens with zero attached hydrogens (tertiary/aromatic N) is 3. The van der Waals surface area contributed by atoms with Crippen LogP contribution in [-0.2, 0) is 6.54 Å². The quantitative estimate of drug-likeness (QED) is 0.329. The van der Waals surface area contributed by atoms with Gasteiger partial charge in [0.05, 0.1) is 16.0 Å². The number of aromatic nitrogens is 2. The number of rotatable bonds is 5. The fourth-order valence-corrected chi connectivity index (χ4v) is 5.99. The predicted octanol–water partition coefficient (Wildman–Crippen LogP) is 5.99. The summed E-state index contributed by atoms with van der Waals surface area (Å²) in [5, 5.41) is 10.2. The van der Waals surface area contributed by atoms with Crippen molar-refractivity contribution in [1.29, 1.82) is 0 Å². The van der Waals surface area contributed by atoms with E-state index in [1.165, 1.54) is 11.3 Å². The van der Waals surface area contributed by atoms with Gasteiger partial charge in [0.1, 0.15) is 11.0 Å². The lowest BCUT2D eigenvalue weighted by Gasteiger charge is -2.23. The molecular formula is C27H22FN5S2. The van der Waals surface area contributed by atoms with Crippen LogP contribution in [0, 0.1) is 5.82 Å². The van der Waals surface area contributed by atoms with Gasteiger partial charge in [-0.2, -0.15) is 0 Å². The fourth-order valence-electron chi connectivity index (χ4n) is 4.68. The van der Waals surface area contributed by atoms with E-state index in [4.69, 9.17) is 12.2 Å². The fraction of sp³-hybridized carbons (Fsp3) is 0.148.